The van der Waals surface area contributed by atoms with E-state index in [0.717, 1.165) is 25.8 Å². The fourth-order valence-electron chi connectivity index (χ4n) is 5.56. The van der Waals surface area contributed by atoms with Crippen LogP contribution in [0, 0.1) is 5.41 Å². The van der Waals surface area contributed by atoms with E-state index in [9.17, 15) is 14.7 Å². The molecule has 0 aromatic heterocycles. The van der Waals surface area contributed by atoms with Crippen LogP contribution < -0.4 is 15.4 Å². The molecule has 0 saturated carbocycles. The Hall–Kier alpha value is -3.39. The maximum Gasteiger partial charge on any atom is 0.307 e. The summed E-state index contributed by atoms with van der Waals surface area (Å²) in [5.41, 5.74) is 8.07. The van der Waals surface area contributed by atoms with Gasteiger partial charge in [0.05, 0.1) is 12.1 Å². The number of nitrogens with two attached hydrogens (primary N) is 1. The van der Waals surface area contributed by atoms with Crippen molar-refractivity contribution in [3.05, 3.63) is 59.2 Å². The Balaban J connectivity index is 1.50. The van der Waals surface area contributed by atoms with Crippen LogP contribution in [0.5, 0.6) is 5.75 Å². The molecule has 2 aliphatic rings. The lowest BCUT2D eigenvalue weighted by Crippen LogP contribution is -2.44. The predicted octanol–water partition coefficient (Wildman–Crippen LogP) is 4.50. The van der Waals surface area contributed by atoms with E-state index >= 15 is 0 Å². The lowest BCUT2D eigenvalue weighted by molar-refractivity contribution is -0.136. The Kier molecular flexibility index (Phi) is 8.48. The number of carbonyl (C=O) groups excluding carboxylic acids is 1. The Bertz CT molecular complexity index is 1140. The zero-order chi connectivity index (χ0) is 26.5. The average molecular weight is 507 g/mol. The summed E-state index contributed by atoms with van der Waals surface area (Å²) in [7, 11) is 0. The summed E-state index contributed by atoms with van der Waals surface area (Å²) in [4.78, 5) is 29.3. The first-order chi connectivity index (χ1) is 17.7. The molecule has 3 unspecified atom stereocenters. The summed E-state index contributed by atoms with van der Waals surface area (Å²) in [6, 6.07) is 13.5. The number of aliphatic carboxylic acids is 1. The number of carboxylic acids is 1. The summed E-state index contributed by atoms with van der Waals surface area (Å²) >= 11 is 0. The summed E-state index contributed by atoms with van der Waals surface area (Å²) in [6.45, 7) is 6.23. The quantitative estimate of drug-likeness (QED) is 0.248. The van der Waals surface area contributed by atoms with E-state index in [1.54, 1.807) is 47.4 Å². The molecule has 2 heterocycles. The molecule has 2 aromatic carbocycles. The number of benzene rings is 2. The minimum Gasteiger partial charge on any atom is -0.481 e. The van der Waals surface area contributed by atoms with Crippen molar-refractivity contribution in [3.8, 4) is 5.75 Å². The van der Waals surface area contributed by atoms with Gasteiger partial charge in [0, 0.05) is 29.8 Å². The Labute approximate surface area is 218 Å². The molecule has 8 nitrogen and oxygen atoms in total. The van der Waals surface area contributed by atoms with Crippen LogP contribution in [-0.4, -0.2) is 52.9 Å². The predicted molar refractivity (Wildman–Crippen MR) is 144 cm³/mol. The number of carbonyl (C=O) groups is 2. The molecule has 1 amide bonds. The van der Waals surface area contributed by atoms with Crippen LogP contribution in [0.25, 0.3) is 0 Å². The van der Waals surface area contributed by atoms with Gasteiger partial charge in [0.15, 0.2) is 0 Å². The van der Waals surface area contributed by atoms with Crippen molar-refractivity contribution in [2.24, 2.45) is 5.73 Å². The number of ether oxygens (including phenoxy) is 1. The van der Waals surface area contributed by atoms with Gasteiger partial charge >= 0.3 is 5.97 Å². The second kappa shape index (κ2) is 11.8. The van der Waals surface area contributed by atoms with Gasteiger partial charge in [-0.3, -0.25) is 19.9 Å². The zero-order valence-corrected chi connectivity index (χ0v) is 21.8. The number of nitrogens with one attached hydrogen (secondary N) is 1. The highest BCUT2D eigenvalue weighted by Crippen LogP contribution is 2.40. The van der Waals surface area contributed by atoms with Gasteiger partial charge in [-0.1, -0.05) is 37.1 Å². The van der Waals surface area contributed by atoms with E-state index < -0.39 is 12.1 Å². The Morgan fingerprint density at radius 3 is 2.51 bits per heavy atom. The topological polar surface area (TPSA) is 120 Å². The van der Waals surface area contributed by atoms with Crippen molar-refractivity contribution in [2.75, 3.05) is 18.0 Å². The molecule has 8 heteroatoms. The third-order valence-corrected chi connectivity index (χ3v) is 7.58. The molecule has 2 aromatic rings. The average Bonchev–Trinajstić information content (AvgIpc) is 2.86. The van der Waals surface area contributed by atoms with Crippen LogP contribution in [0.3, 0.4) is 0 Å². The van der Waals surface area contributed by atoms with Crippen molar-refractivity contribution >= 4 is 23.4 Å². The standard InChI is InChI=1S/C29H38N4O4/c1-19-8-6-9-20(2)32(19)14-4-3-5-15-33-24-16-21(17-26(34)35)12-13-25(24)37-27(29(33)36)22-10-7-11-23(18-22)28(30)31/h7,10-13,16,18-20,27H,3-6,8-9,14-15,17H2,1-2H3,(H3,30,31)(H,34,35). The van der Waals surface area contributed by atoms with Gasteiger partial charge in [0.25, 0.3) is 5.91 Å². The number of nitrogen functional groups attached to an aromatic ring is 1. The van der Waals surface area contributed by atoms with Gasteiger partial charge in [-0.2, -0.15) is 0 Å². The zero-order valence-electron chi connectivity index (χ0n) is 21.8. The Morgan fingerprint density at radius 1 is 1.08 bits per heavy atom. The third-order valence-electron chi connectivity index (χ3n) is 7.58. The number of piperidine rings is 1. The summed E-state index contributed by atoms with van der Waals surface area (Å²) < 4.78 is 6.13. The lowest BCUT2D eigenvalue weighted by Gasteiger charge is -2.39. The minimum absolute atomic E-state index is 0.0713. The molecule has 2 aliphatic heterocycles. The second-order valence-corrected chi connectivity index (χ2v) is 10.3. The molecule has 198 valence electrons. The maximum absolute atomic E-state index is 13.7. The van der Waals surface area contributed by atoms with Crippen LogP contribution in [-0.2, 0) is 16.0 Å². The van der Waals surface area contributed by atoms with Crippen molar-refractivity contribution in [2.45, 2.75) is 77.0 Å². The number of carboxylic acid groups (broad SMARTS) is 1. The van der Waals surface area contributed by atoms with Gasteiger partial charge in [-0.05, 0) is 69.8 Å². The summed E-state index contributed by atoms with van der Waals surface area (Å²) in [6.07, 6.45) is 5.75. The van der Waals surface area contributed by atoms with Gasteiger partial charge in [0.1, 0.15) is 11.6 Å². The van der Waals surface area contributed by atoms with Gasteiger partial charge in [0.2, 0.25) is 6.10 Å². The molecule has 1 saturated heterocycles. The highest BCUT2D eigenvalue weighted by molar-refractivity contribution is 6.01. The minimum atomic E-state index is -0.922. The van der Waals surface area contributed by atoms with Crippen molar-refractivity contribution in [1.82, 2.24) is 4.90 Å². The van der Waals surface area contributed by atoms with Crippen LogP contribution in [0.1, 0.15) is 75.2 Å². The first-order valence-electron chi connectivity index (χ1n) is 13.3. The molecule has 4 rings (SSSR count). The van der Waals surface area contributed by atoms with Crippen molar-refractivity contribution in [1.29, 1.82) is 5.41 Å². The number of anilines is 1. The lowest BCUT2D eigenvalue weighted by atomic mass is 9.97. The largest absolute Gasteiger partial charge is 0.481 e. The molecule has 1 fully saturated rings. The maximum atomic E-state index is 13.7. The molecule has 0 radical (unpaired) electrons. The number of likely N-dealkylation sites (tertiary alicyclic amines) is 1. The number of fused-ring (bicyclic) bond motifs is 1. The summed E-state index contributed by atoms with van der Waals surface area (Å²) in [5.74, 6) is -0.644. The number of unbranched alkanes of at least 4 members (excludes halogenated alkanes) is 2. The fourth-order valence-corrected chi connectivity index (χ4v) is 5.56. The smallest absolute Gasteiger partial charge is 0.307 e. The normalized spacial score (nSPS) is 21.8. The SMILES string of the molecule is CC1CCCC(C)N1CCCCCN1C(=O)C(c2cccc(C(=N)N)c2)Oc2ccc(CC(=O)O)cc21. The third kappa shape index (κ3) is 6.31. The van der Waals surface area contributed by atoms with E-state index in [4.69, 9.17) is 15.9 Å². The molecule has 4 N–H and O–H groups in total. The molecule has 0 bridgehead atoms. The van der Waals surface area contributed by atoms with Gasteiger partial charge < -0.3 is 20.5 Å². The fraction of sp³-hybridized carbons (Fsp3) is 0.483. The number of hydrogen-bond donors (Lipinski definition) is 3. The monoisotopic (exact) mass is 506 g/mol. The molecular formula is C29H38N4O4. The van der Waals surface area contributed by atoms with E-state index in [1.165, 1.54) is 19.3 Å². The molecular weight excluding hydrogens is 468 g/mol. The first kappa shape index (κ1) is 26.7. The van der Waals surface area contributed by atoms with Crippen LogP contribution in [0.2, 0.25) is 0 Å². The summed E-state index contributed by atoms with van der Waals surface area (Å²) in [5, 5.41) is 17.0. The highest BCUT2D eigenvalue weighted by atomic mass is 16.5. The molecule has 37 heavy (non-hydrogen) atoms. The molecule has 3 atom stereocenters. The molecule has 0 spiro atoms. The van der Waals surface area contributed by atoms with Crippen LogP contribution >= 0.6 is 0 Å². The van der Waals surface area contributed by atoms with E-state index in [0.29, 0.717) is 46.8 Å². The molecule has 0 aliphatic carbocycles. The number of hydrogen-bond acceptors (Lipinski definition) is 5. The first-order valence-corrected chi connectivity index (χ1v) is 13.3. The van der Waals surface area contributed by atoms with Crippen LogP contribution in [0.4, 0.5) is 5.69 Å². The Morgan fingerprint density at radius 2 is 1.81 bits per heavy atom. The number of amides is 1. The van der Waals surface area contributed by atoms with E-state index in [-0.39, 0.29) is 18.2 Å². The number of nitrogens with zero attached hydrogens (tertiary/aromatic N) is 2. The number of amidine groups is 1. The van der Waals surface area contributed by atoms with Crippen molar-refractivity contribution in [3.63, 3.8) is 0 Å². The van der Waals surface area contributed by atoms with E-state index in [1.807, 2.05) is 0 Å². The number of rotatable bonds is 10. The van der Waals surface area contributed by atoms with Crippen molar-refractivity contribution < 1.29 is 19.4 Å². The van der Waals surface area contributed by atoms with Crippen LogP contribution in [0.15, 0.2) is 42.5 Å². The van der Waals surface area contributed by atoms with Gasteiger partial charge in [-0.25, -0.2) is 0 Å². The van der Waals surface area contributed by atoms with Gasteiger partial charge in [-0.15, -0.1) is 0 Å². The highest BCUT2D eigenvalue weighted by Gasteiger charge is 2.36. The van der Waals surface area contributed by atoms with E-state index in [2.05, 4.69) is 18.7 Å². The second-order valence-electron chi connectivity index (χ2n) is 10.3.